The van der Waals surface area contributed by atoms with Crippen LogP contribution < -0.4 is 0 Å². The maximum Gasteiger partial charge on any atom is 0.104 e. The molecule has 24 heavy (non-hydrogen) atoms. The van der Waals surface area contributed by atoms with E-state index in [9.17, 15) is 0 Å². The van der Waals surface area contributed by atoms with E-state index < -0.39 is 0 Å². The monoisotopic (exact) mass is 344 g/mol. The third-order valence-corrected chi connectivity index (χ3v) is 2.64. The van der Waals surface area contributed by atoms with Gasteiger partial charge in [0.15, 0.2) is 0 Å². The number of ether oxygens (including phenoxy) is 6. The lowest BCUT2D eigenvalue weighted by Crippen LogP contribution is -2.28. The van der Waals surface area contributed by atoms with Gasteiger partial charge in [-0.3, -0.25) is 0 Å². The van der Waals surface area contributed by atoms with Gasteiger partial charge in [-0.05, 0) is 0 Å². The summed E-state index contributed by atoms with van der Waals surface area (Å²) in [6.07, 6.45) is 4.96. The molecule has 6 heteroatoms. The summed E-state index contributed by atoms with van der Waals surface area (Å²) in [5, 5.41) is 0. The van der Waals surface area contributed by atoms with Gasteiger partial charge in [0.05, 0.1) is 72.7 Å². The summed E-state index contributed by atoms with van der Waals surface area (Å²) in [6, 6.07) is 0. The Balaban J connectivity index is 3.79. The van der Waals surface area contributed by atoms with E-state index in [1.807, 2.05) is 0 Å². The van der Waals surface area contributed by atoms with Gasteiger partial charge in [-0.1, -0.05) is 18.2 Å². The van der Waals surface area contributed by atoms with Crippen LogP contribution in [0.4, 0.5) is 0 Å². The van der Waals surface area contributed by atoms with E-state index in [1.54, 1.807) is 18.2 Å². The van der Waals surface area contributed by atoms with Crippen LogP contribution in [0.1, 0.15) is 0 Å². The molecular formula is C18H32O6. The van der Waals surface area contributed by atoms with E-state index in [-0.39, 0.29) is 6.10 Å². The molecule has 0 aliphatic heterocycles. The van der Waals surface area contributed by atoms with E-state index in [0.717, 1.165) is 0 Å². The highest BCUT2D eigenvalue weighted by Crippen LogP contribution is 1.97. The zero-order chi connectivity index (χ0) is 17.7. The smallest absolute Gasteiger partial charge is 0.104 e. The number of hydrogen-bond acceptors (Lipinski definition) is 6. The Morgan fingerprint density at radius 2 is 0.917 bits per heavy atom. The molecule has 0 amide bonds. The molecule has 0 bridgehead atoms. The summed E-state index contributed by atoms with van der Waals surface area (Å²) in [5.41, 5.74) is 0. The van der Waals surface area contributed by atoms with Gasteiger partial charge < -0.3 is 28.4 Å². The van der Waals surface area contributed by atoms with Gasteiger partial charge in [0.25, 0.3) is 0 Å². The van der Waals surface area contributed by atoms with Crippen molar-refractivity contribution in [3.63, 3.8) is 0 Å². The van der Waals surface area contributed by atoms with Gasteiger partial charge >= 0.3 is 0 Å². The van der Waals surface area contributed by atoms with Crippen LogP contribution in [0, 0.1) is 0 Å². The highest BCUT2D eigenvalue weighted by molar-refractivity contribution is 4.65. The van der Waals surface area contributed by atoms with Crippen molar-refractivity contribution < 1.29 is 28.4 Å². The van der Waals surface area contributed by atoms with Crippen molar-refractivity contribution >= 4 is 0 Å². The topological polar surface area (TPSA) is 55.4 Å². The van der Waals surface area contributed by atoms with Crippen LogP contribution in [0.15, 0.2) is 38.0 Å². The summed E-state index contributed by atoms with van der Waals surface area (Å²) < 4.78 is 32.6. The van der Waals surface area contributed by atoms with Crippen molar-refractivity contribution in [1.29, 1.82) is 0 Å². The van der Waals surface area contributed by atoms with E-state index >= 15 is 0 Å². The lowest BCUT2D eigenvalue weighted by molar-refractivity contribution is -0.0809. The van der Waals surface area contributed by atoms with Crippen molar-refractivity contribution in [3.8, 4) is 0 Å². The molecule has 0 rings (SSSR count). The van der Waals surface area contributed by atoms with Gasteiger partial charge in [-0.25, -0.2) is 0 Å². The Kier molecular flexibility index (Phi) is 19.2. The van der Waals surface area contributed by atoms with Crippen LogP contribution in [0.3, 0.4) is 0 Å². The first-order chi connectivity index (χ1) is 11.8. The van der Waals surface area contributed by atoms with Gasteiger partial charge in [0, 0.05) is 0 Å². The molecule has 0 fully saturated rings. The molecule has 0 saturated carbocycles. The van der Waals surface area contributed by atoms with Crippen molar-refractivity contribution in [3.05, 3.63) is 38.0 Å². The fourth-order valence-electron chi connectivity index (χ4n) is 1.58. The molecule has 6 nitrogen and oxygen atoms in total. The van der Waals surface area contributed by atoms with Crippen LogP contribution in [-0.4, -0.2) is 78.8 Å². The molecule has 0 unspecified atom stereocenters. The lowest BCUT2D eigenvalue weighted by atomic mass is 10.4. The minimum atomic E-state index is -0.156. The Morgan fingerprint density at radius 1 is 0.542 bits per heavy atom. The Morgan fingerprint density at radius 3 is 1.33 bits per heavy atom. The Labute approximate surface area is 146 Å². The summed E-state index contributed by atoms with van der Waals surface area (Å²) in [6.45, 7) is 16.2. The first-order valence-electron chi connectivity index (χ1n) is 8.18. The van der Waals surface area contributed by atoms with Crippen LogP contribution in [-0.2, 0) is 28.4 Å². The van der Waals surface area contributed by atoms with E-state index in [0.29, 0.717) is 72.7 Å². The second-order valence-corrected chi connectivity index (χ2v) is 4.73. The zero-order valence-corrected chi connectivity index (χ0v) is 14.7. The van der Waals surface area contributed by atoms with Crippen LogP contribution >= 0.6 is 0 Å². The number of rotatable bonds is 20. The van der Waals surface area contributed by atoms with Crippen molar-refractivity contribution in [2.45, 2.75) is 6.10 Å². The van der Waals surface area contributed by atoms with E-state index in [2.05, 4.69) is 19.7 Å². The van der Waals surface area contributed by atoms with E-state index in [1.165, 1.54) is 0 Å². The zero-order valence-electron chi connectivity index (χ0n) is 14.7. The normalized spacial score (nSPS) is 10.9. The molecule has 140 valence electrons. The molecule has 0 heterocycles. The third kappa shape index (κ3) is 17.3. The molecule has 0 N–H and O–H groups in total. The fraction of sp³-hybridized carbons (Fsp3) is 0.667. The Hall–Kier alpha value is -1.02. The molecule has 0 aliphatic carbocycles. The quantitative estimate of drug-likeness (QED) is 0.249. The lowest BCUT2D eigenvalue weighted by Gasteiger charge is -2.18. The summed E-state index contributed by atoms with van der Waals surface area (Å²) in [4.78, 5) is 0. The molecule has 0 saturated heterocycles. The van der Waals surface area contributed by atoms with Crippen LogP contribution in [0.25, 0.3) is 0 Å². The first-order valence-corrected chi connectivity index (χ1v) is 8.18. The van der Waals surface area contributed by atoms with Crippen molar-refractivity contribution in [2.75, 3.05) is 72.7 Å². The second-order valence-electron chi connectivity index (χ2n) is 4.73. The van der Waals surface area contributed by atoms with Gasteiger partial charge in [-0.2, -0.15) is 0 Å². The standard InChI is InChI=1S/C18H32O6/c1-4-7-19-10-12-22-16-18(24-15-14-21-9-6-3)17-23-13-11-20-8-5-2/h4-6,18H,1-3,7-17H2. The van der Waals surface area contributed by atoms with E-state index in [4.69, 9.17) is 28.4 Å². The third-order valence-electron chi connectivity index (χ3n) is 2.64. The minimum Gasteiger partial charge on any atom is -0.376 e. The van der Waals surface area contributed by atoms with Crippen LogP contribution in [0.5, 0.6) is 0 Å². The average Bonchev–Trinajstić information content (AvgIpc) is 2.60. The SMILES string of the molecule is C=CCOCCOCC(COCCOCC=C)OCCOCC=C. The summed E-state index contributed by atoms with van der Waals surface area (Å²) >= 11 is 0. The Bertz CT molecular complexity index is 275. The molecule has 0 atom stereocenters. The molecule has 0 spiro atoms. The molecule has 0 aromatic rings. The van der Waals surface area contributed by atoms with Gasteiger partial charge in [0.1, 0.15) is 6.10 Å². The summed E-state index contributed by atoms with van der Waals surface area (Å²) in [7, 11) is 0. The number of hydrogen-bond donors (Lipinski definition) is 0. The summed E-state index contributed by atoms with van der Waals surface area (Å²) in [5.74, 6) is 0. The highest BCUT2D eigenvalue weighted by atomic mass is 16.6. The van der Waals surface area contributed by atoms with Crippen molar-refractivity contribution in [1.82, 2.24) is 0 Å². The van der Waals surface area contributed by atoms with Crippen LogP contribution in [0.2, 0.25) is 0 Å². The maximum absolute atomic E-state index is 5.72. The predicted octanol–water partition coefficient (Wildman–Crippen LogP) is 2.01. The minimum absolute atomic E-state index is 0.156. The highest BCUT2D eigenvalue weighted by Gasteiger charge is 2.10. The van der Waals surface area contributed by atoms with Gasteiger partial charge in [-0.15, -0.1) is 19.7 Å². The molecule has 0 radical (unpaired) electrons. The average molecular weight is 344 g/mol. The fourth-order valence-corrected chi connectivity index (χ4v) is 1.58. The molecule has 0 aromatic heterocycles. The largest absolute Gasteiger partial charge is 0.376 e. The second kappa shape index (κ2) is 20.0. The molecular weight excluding hydrogens is 312 g/mol. The van der Waals surface area contributed by atoms with Crippen molar-refractivity contribution in [2.24, 2.45) is 0 Å². The molecule has 0 aliphatic rings. The van der Waals surface area contributed by atoms with Gasteiger partial charge in [0.2, 0.25) is 0 Å². The first kappa shape index (κ1) is 23.0. The molecule has 0 aromatic carbocycles. The maximum atomic E-state index is 5.72. The predicted molar refractivity (Wildman–Crippen MR) is 94.4 cm³/mol.